The van der Waals surface area contributed by atoms with Gasteiger partial charge in [0.05, 0.1) is 11.0 Å². The maximum absolute atomic E-state index is 11.9. The predicted octanol–water partition coefficient (Wildman–Crippen LogP) is 1.91. The zero-order chi connectivity index (χ0) is 10.9. The molecule has 0 aliphatic carbocycles. The summed E-state index contributed by atoms with van der Waals surface area (Å²) in [4.78, 5) is 0. The highest BCUT2D eigenvalue weighted by Gasteiger charge is 2.31. The molecule has 0 radical (unpaired) electrons. The number of nitrogens with two attached hydrogens (primary N) is 1. The molecule has 1 heterocycles. The highest BCUT2D eigenvalue weighted by molar-refractivity contribution is 7.91. The number of para-hydroxylation sites is 1. The third-order valence-corrected chi connectivity index (χ3v) is 5.14. The van der Waals surface area contributed by atoms with Gasteiger partial charge in [0.1, 0.15) is 0 Å². The first kappa shape index (κ1) is 10.5. The molecule has 1 aromatic rings. The summed E-state index contributed by atoms with van der Waals surface area (Å²) in [5, 5.41) is -0.382. The number of hydrogen-bond donors (Lipinski definition) is 1. The normalized spacial score (nSPS) is 24.9. The molecule has 1 aliphatic rings. The van der Waals surface area contributed by atoms with E-state index in [-0.39, 0.29) is 5.25 Å². The molecule has 2 rings (SSSR count). The van der Waals surface area contributed by atoms with E-state index in [1.165, 1.54) is 0 Å². The molecule has 15 heavy (non-hydrogen) atoms. The van der Waals surface area contributed by atoms with Crippen molar-refractivity contribution >= 4 is 15.5 Å². The molecule has 0 saturated carbocycles. The van der Waals surface area contributed by atoms with Crippen LogP contribution < -0.4 is 5.73 Å². The van der Waals surface area contributed by atoms with Crippen LogP contribution in [-0.4, -0.2) is 14.2 Å². The standard InChI is InChI=1S/C11H15NO2S/c12-10-6-2-1-5-9(10)11-7-3-4-8-15(11,13)14/h1-2,5-6,11H,3-4,7-8,12H2. The summed E-state index contributed by atoms with van der Waals surface area (Å²) >= 11 is 0. The van der Waals surface area contributed by atoms with Crippen LogP contribution in [0.2, 0.25) is 0 Å². The van der Waals surface area contributed by atoms with Crippen LogP contribution in [0.15, 0.2) is 24.3 Å². The molecule has 0 aromatic heterocycles. The lowest BCUT2D eigenvalue weighted by Crippen LogP contribution is -2.22. The molecule has 0 amide bonds. The van der Waals surface area contributed by atoms with Gasteiger partial charge in [-0.3, -0.25) is 0 Å². The third-order valence-electron chi connectivity index (χ3n) is 2.92. The molecule has 1 fully saturated rings. The summed E-state index contributed by atoms with van der Waals surface area (Å²) in [5.74, 6) is 0.298. The monoisotopic (exact) mass is 225 g/mol. The quantitative estimate of drug-likeness (QED) is 0.743. The summed E-state index contributed by atoms with van der Waals surface area (Å²) in [7, 11) is -2.98. The topological polar surface area (TPSA) is 60.2 Å². The van der Waals surface area contributed by atoms with Crippen LogP contribution in [0.4, 0.5) is 5.69 Å². The van der Waals surface area contributed by atoms with Gasteiger partial charge in [-0.1, -0.05) is 24.6 Å². The van der Waals surface area contributed by atoms with Gasteiger partial charge in [0, 0.05) is 5.69 Å². The molecule has 0 spiro atoms. The van der Waals surface area contributed by atoms with Crippen LogP contribution in [0.3, 0.4) is 0 Å². The van der Waals surface area contributed by atoms with Crippen molar-refractivity contribution in [2.45, 2.75) is 24.5 Å². The summed E-state index contributed by atoms with van der Waals surface area (Å²) in [6, 6.07) is 7.26. The van der Waals surface area contributed by atoms with Crippen molar-refractivity contribution in [1.29, 1.82) is 0 Å². The van der Waals surface area contributed by atoms with E-state index in [2.05, 4.69) is 0 Å². The number of benzene rings is 1. The van der Waals surface area contributed by atoms with Gasteiger partial charge in [-0.25, -0.2) is 8.42 Å². The van der Waals surface area contributed by atoms with E-state index in [9.17, 15) is 8.42 Å². The lowest BCUT2D eigenvalue weighted by molar-refractivity contribution is 0.546. The van der Waals surface area contributed by atoms with Crippen molar-refractivity contribution in [3.8, 4) is 0 Å². The molecule has 4 heteroatoms. The predicted molar refractivity (Wildman–Crippen MR) is 61.2 cm³/mol. The maximum atomic E-state index is 11.9. The van der Waals surface area contributed by atoms with E-state index in [0.717, 1.165) is 18.4 Å². The van der Waals surface area contributed by atoms with Gasteiger partial charge in [0.2, 0.25) is 0 Å². The number of anilines is 1. The number of rotatable bonds is 1. The zero-order valence-corrected chi connectivity index (χ0v) is 9.33. The molecule has 1 saturated heterocycles. The van der Waals surface area contributed by atoms with E-state index in [4.69, 9.17) is 5.73 Å². The fourth-order valence-electron chi connectivity index (χ4n) is 2.11. The van der Waals surface area contributed by atoms with E-state index in [1.807, 2.05) is 18.2 Å². The second-order valence-corrected chi connectivity index (χ2v) is 6.28. The molecule has 2 N–H and O–H groups in total. The molecule has 1 unspecified atom stereocenters. The minimum absolute atomic E-state index is 0.298. The fraction of sp³-hybridized carbons (Fsp3) is 0.455. The Balaban J connectivity index is 2.42. The molecule has 3 nitrogen and oxygen atoms in total. The summed E-state index contributed by atoms with van der Waals surface area (Å²) < 4.78 is 23.8. The lowest BCUT2D eigenvalue weighted by Gasteiger charge is -2.23. The summed E-state index contributed by atoms with van der Waals surface area (Å²) in [5.41, 5.74) is 7.17. The SMILES string of the molecule is Nc1ccccc1C1CCCCS1(=O)=O. The Morgan fingerprint density at radius 3 is 2.60 bits per heavy atom. The fourth-order valence-corrected chi connectivity index (χ4v) is 4.13. The second kappa shape index (κ2) is 3.85. The third kappa shape index (κ3) is 2.00. The first-order valence-corrected chi connectivity index (χ1v) is 6.89. The number of nitrogen functional groups attached to an aromatic ring is 1. The molecule has 1 aromatic carbocycles. The van der Waals surface area contributed by atoms with Crippen molar-refractivity contribution in [3.05, 3.63) is 29.8 Å². The van der Waals surface area contributed by atoms with E-state index in [0.29, 0.717) is 17.9 Å². The van der Waals surface area contributed by atoms with Crippen molar-refractivity contribution in [2.75, 3.05) is 11.5 Å². The van der Waals surface area contributed by atoms with Gasteiger partial charge >= 0.3 is 0 Å². The van der Waals surface area contributed by atoms with Gasteiger partial charge in [-0.15, -0.1) is 0 Å². The highest BCUT2D eigenvalue weighted by Crippen LogP contribution is 2.35. The van der Waals surface area contributed by atoms with Gasteiger partial charge in [0.25, 0.3) is 0 Å². The van der Waals surface area contributed by atoms with Crippen LogP contribution in [0.5, 0.6) is 0 Å². The molecule has 0 bridgehead atoms. The van der Waals surface area contributed by atoms with Crippen molar-refractivity contribution < 1.29 is 8.42 Å². The molecular formula is C11H15NO2S. The Morgan fingerprint density at radius 2 is 1.93 bits per heavy atom. The smallest absolute Gasteiger partial charge is 0.157 e. The Hall–Kier alpha value is -1.03. The van der Waals surface area contributed by atoms with Gasteiger partial charge < -0.3 is 5.73 Å². The maximum Gasteiger partial charge on any atom is 0.157 e. The minimum Gasteiger partial charge on any atom is -0.398 e. The Bertz CT molecular complexity index is 453. The first-order valence-electron chi connectivity index (χ1n) is 5.17. The summed E-state index contributed by atoms with van der Waals surface area (Å²) in [6.07, 6.45) is 2.46. The molecule has 1 aliphatic heterocycles. The van der Waals surface area contributed by atoms with Crippen LogP contribution >= 0.6 is 0 Å². The Kier molecular flexibility index (Phi) is 2.69. The summed E-state index contributed by atoms with van der Waals surface area (Å²) in [6.45, 7) is 0. The van der Waals surface area contributed by atoms with Crippen LogP contribution in [0.1, 0.15) is 30.1 Å². The molecule has 1 atom stereocenters. The first-order chi connectivity index (χ1) is 7.11. The van der Waals surface area contributed by atoms with E-state index >= 15 is 0 Å². The second-order valence-electron chi connectivity index (χ2n) is 3.98. The van der Waals surface area contributed by atoms with Crippen molar-refractivity contribution in [2.24, 2.45) is 0 Å². The highest BCUT2D eigenvalue weighted by atomic mass is 32.2. The largest absolute Gasteiger partial charge is 0.398 e. The molecule has 82 valence electrons. The van der Waals surface area contributed by atoms with Crippen molar-refractivity contribution in [1.82, 2.24) is 0 Å². The molecular weight excluding hydrogens is 210 g/mol. The van der Waals surface area contributed by atoms with Gasteiger partial charge in [0.15, 0.2) is 9.84 Å². The van der Waals surface area contributed by atoms with Gasteiger partial charge in [-0.05, 0) is 24.5 Å². The average Bonchev–Trinajstić information content (AvgIpc) is 2.19. The van der Waals surface area contributed by atoms with E-state index < -0.39 is 9.84 Å². The van der Waals surface area contributed by atoms with Crippen LogP contribution in [-0.2, 0) is 9.84 Å². The average molecular weight is 225 g/mol. The number of sulfone groups is 1. The Morgan fingerprint density at radius 1 is 1.20 bits per heavy atom. The number of hydrogen-bond acceptors (Lipinski definition) is 3. The van der Waals surface area contributed by atoms with E-state index in [1.54, 1.807) is 6.07 Å². The van der Waals surface area contributed by atoms with Crippen LogP contribution in [0, 0.1) is 0 Å². The Labute approximate surface area is 90.2 Å². The lowest BCUT2D eigenvalue weighted by atomic mass is 10.0. The zero-order valence-electron chi connectivity index (χ0n) is 8.52. The van der Waals surface area contributed by atoms with Crippen LogP contribution in [0.25, 0.3) is 0 Å². The van der Waals surface area contributed by atoms with Gasteiger partial charge in [-0.2, -0.15) is 0 Å². The minimum atomic E-state index is -2.98. The van der Waals surface area contributed by atoms with Crippen molar-refractivity contribution in [3.63, 3.8) is 0 Å².